The molecule has 0 aliphatic heterocycles. The summed E-state index contributed by atoms with van der Waals surface area (Å²) in [6.45, 7) is 15.1. The Morgan fingerprint density at radius 2 is 1.14 bits per heavy atom. The number of anilines is 2. The number of hydrogen-bond acceptors (Lipinski definition) is 8. The van der Waals surface area contributed by atoms with E-state index in [1.807, 2.05) is 0 Å². The maximum absolute atomic E-state index is 13.3. The first-order chi connectivity index (χ1) is 16.8. The normalized spacial score (nSPS) is 11.4. The van der Waals surface area contributed by atoms with E-state index in [9.17, 15) is 23.2 Å². The molecule has 37 heavy (non-hydrogen) atoms. The molecule has 0 atom stereocenters. The molecule has 0 unspecified atom stereocenters. The van der Waals surface area contributed by atoms with E-state index in [0.29, 0.717) is 4.90 Å². The first kappa shape index (κ1) is 31.2. The Balaban J connectivity index is 0.000000397. The summed E-state index contributed by atoms with van der Waals surface area (Å²) in [5.41, 5.74) is -2.24. The molecule has 3 amide bonds. The van der Waals surface area contributed by atoms with Crippen LogP contribution in [0.4, 0.5) is 34.8 Å². The van der Waals surface area contributed by atoms with Crippen LogP contribution >= 0.6 is 0 Å². The Bertz CT molecular complexity index is 1060. The van der Waals surface area contributed by atoms with Gasteiger partial charge in [0.2, 0.25) is 11.9 Å². The fourth-order valence-electron chi connectivity index (χ4n) is 2.28. The molecule has 0 spiro atoms. The quantitative estimate of drug-likeness (QED) is 0.351. The molecule has 2 heterocycles. The van der Waals surface area contributed by atoms with Crippen molar-refractivity contribution in [2.45, 2.75) is 79.1 Å². The van der Waals surface area contributed by atoms with Crippen LogP contribution in [-0.2, 0) is 14.2 Å². The molecule has 0 saturated carbocycles. The van der Waals surface area contributed by atoms with Gasteiger partial charge in [0.15, 0.2) is 5.82 Å². The average molecular weight is 525 g/mol. The van der Waals surface area contributed by atoms with Gasteiger partial charge in [0.25, 0.3) is 0 Å². The van der Waals surface area contributed by atoms with Gasteiger partial charge in [-0.2, -0.15) is 13.7 Å². The van der Waals surface area contributed by atoms with Gasteiger partial charge in [0.05, 0.1) is 0 Å². The Labute approximate surface area is 215 Å². The van der Waals surface area contributed by atoms with Crippen molar-refractivity contribution >= 4 is 29.9 Å². The number of carbonyl (C=O) groups excluding carboxylic acids is 3. The molecule has 2 aromatic rings. The van der Waals surface area contributed by atoms with Gasteiger partial charge >= 0.3 is 18.3 Å². The smallest absolute Gasteiger partial charge is 0.425 e. The van der Waals surface area contributed by atoms with E-state index in [-0.39, 0.29) is 11.6 Å². The highest BCUT2D eigenvalue weighted by molar-refractivity contribution is 6.08. The Morgan fingerprint density at radius 1 is 0.703 bits per heavy atom. The molecule has 0 bridgehead atoms. The van der Waals surface area contributed by atoms with E-state index >= 15 is 0 Å². The highest BCUT2D eigenvalue weighted by Crippen LogP contribution is 2.20. The summed E-state index contributed by atoms with van der Waals surface area (Å²) in [6, 6.07) is 7.88. The summed E-state index contributed by atoms with van der Waals surface area (Å²) < 4.78 is 41.2. The number of imide groups is 1. The number of aromatic nitrogens is 2. The zero-order valence-corrected chi connectivity index (χ0v) is 22.5. The van der Waals surface area contributed by atoms with Crippen LogP contribution < -0.4 is 10.2 Å². The van der Waals surface area contributed by atoms with E-state index in [2.05, 4.69) is 15.3 Å². The summed E-state index contributed by atoms with van der Waals surface area (Å²) in [7, 11) is 0. The second-order valence-electron chi connectivity index (χ2n) is 10.6. The second-order valence-corrected chi connectivity index (χ2v) is 10.6. The second kappa shape index (κ2) is 12.4. The zero-order chi connectivity index (χ0) is 28.6. The van der Waals surface area contributed by atoms with Crippen LogP contribution in [-0.4, -0.2) is 45.1 Å². The number of rotatable bonds is 2. The van der Waals surface area contributed by atoms with Gasteiger partial charge in [0.1, 0.15) is 22.6 Å². The lowest BCUT2D eigenvalue weighted by Gasteiger charge is -2.27. The molecule has 2 aromatic heterocycles. The van der Waals surface area contributed by atoms with Crippen LogP contribution in [0.1, 0.15) is 62.3 Å². The molecule has 204 valence electrons. The van der Waals surface area contributed by atoms with Crippen molar-refractivity contribution in [1.29, 1.82) is 0 Å². The predicted molar refractivity (Wildman–Crippen MR) is 133 cm³/mol. The molecule has 0 aromatic carbocycles. The standard InChI is InChI=1S/C15H21FN2O4.C10H13FN2O2/c1-14(2,3)21-12(19)18(13(20)22-15(4,5)6)11-9-7-8-10(16)17-11;1-10(2,3)15-9(14)13-8-6-4-5-7(11)12-8/h7-9H,1-6H3;4-6H,1-3H3,(H,12,13,14). The lowest BCUT2D eigenvalue weighted by Crippen LogP contribution is -2.44. The number of amides is 3. The first-order valence-corrected chi connectivity index (χ1v) is 11.3. The summed E-state index contributed by atoms with van der Waals surface area (Å²) in [6.07, 6.45) is -2.62. The van der Waals surface area contributed by atoms with Gasteiger partial charge in [0, 0.05) is 0 Å². The van der Waals surface area contributed by atoms with Gasteiger partial charge in [-0.05, 0) is 86.6 Å². The first-order valence-electron chi connectivity index (χ1n) is 11.3. The van der Waals surface area contributed by atoms with Gasteiger partial charge in [-0.25, -0.2) is 24.4 Å². The summed E-state index contributed by atoms with van der Waals surface area (Å²) in [5.74, 6) is -1.55. The van der Waals surface area contributed by atoms with Crippen LogP contribution in [0.3, 0.4) is 0 Å². The topological polar surface area (TPSA) is 120 Å². The number of ether oxygens (including phenoxy) is 3. The Morgan fingerprint density at radius 3 is 1.54 bits per heavy atom. The zero-order valence-electron chi connectivity index (χ0n) is 22.5. The minimum atomic E-state index is -0.986. The van der Waals surface area contributed by atoms with Crippen LogP contribution in [0.2, 0.25) is 0 Å². The number of pyridine rings is 2. The molecule has 12 heteroatoms. The third kappa shape index (κ3) is 13.2. The highest BCUT2D eigenvalue weighted by atomic mass is 19.1. The average Bonchev–Trinajstić information content (AvgIpc) is 2.64. The van der Waals surface area contributed by atoms with Crippen LogP contribution in [0, 0.1) is 11.9 Å². The summed E-state index contributed by atoms with van der Waals surface area (Å²) in [4.78, 5) is 43.3. The maximum Gasteiger partial charge on any atom is 0.425 e. The van der Waals surface area contributed by atoms with Gasteiger partial charge in [-0.15, -0.1) is 0 Å². The van der Waals surface area contributed by atoms with Gasteiger partial charge < -0.3 is 14.2 Å². The number of halogens is 2. The monoisotopic (exact) mass is 524 g/mol. The molecule has 0 radical (unpaired) electrons. The molecule has 10 nitrogen and oxygen atoms in total. The van der Waals surface area contributed by atoms with Crippen molar-refractivity contribution < 1.29 is 37.4 Å². The number of nitrogens with one attached hydrogen (secondary N) is 1. The van der Waals surface area contributed by atoms with Crippen molar-refractivity contribution in [3.63, 3.8) is 0 Å². The minimum Gasteiger partial charge on any atom is -0.444 e. The van der Waals surface area contributed by atoms with E-state index in [4.69, 9.17) is 14.2 Å². The van der Waals surface area contributed by atoms with Crippen molar-refractivity contribution in [3.8, 4) is 0 Å². The van der Waals surface area contributed by atoms with E-state index < -0.39 is 47.0 Å². The van der Waals surface area contributed by atoms with Crippen LogP contribution in [0.15, 0.2) is 36.4 Å². The van der Waals surface area contributed by atoms with E-state index in [1.165, 1.54) is 30.3 Å². The van der Waals surface area contributed by atoms with Gasteiger partial charge in [-0.1, -0.05) is 12.1 Å². The maximum atomic E-state index is 13.3. The summed E-state index contributed by atoms with van der Waals surface area (Å²) >= 11 is 0. The van der Waals surface area contributed by atoms with E-state index in [0.717, 1.165) is 6.07 Å². The molecular formula is C25H34F2N4O6. The highest BCUT2D eigenvalue weighted by Gasteiger charge is 2.33. The molecular weight excluding hydrogens is 490 g/mol. The minimum absolute atomic E-state index is 0.129. The van der Waals surface area contributed by atoms with Crippen molar-refractivity contribution in [1.82, 2.24) is 9.97 Å². The van der Waals surface area contributed by atoms with Gasteiger partial charge in [-0.3, -0.25) is 5.32 Å². The molecule has 0 fully saturated rings. The third-order valence-electron chi connectivity index (χ3n) is 3.43. The lowest BCUT2D eigenvalue weighted by molar-refractivity contribution is 0.0427. The van der Waals surface area contributed by atoms with Crippen LogP contribution in [0.25, 0.3) is 0 Å². The molecule has 0 aliphatic carbocycles. The number of carbonyl (C=O) groups is 3. The van der Waals surface area contributed by atoms with Crippen LogP contribution in [0.5, 0.6) is 0 Å². The lowest BCUT2D eigenvalue weighted by atomic mass is 10.2. The molecule has 0 saturated heterocycles. The SMILES string of the molecule is CC(C)(C)OC(=O)N(C(=O)OC(C)(C)C)c1cccc(F)n1.CC(C)(C)OC(=O)Nc1cccc(F)n1. The number of hydrogen-bond donors (Lipinski definition) is 1. The largest absolute Gasteiger partial charge is 0.444 e. The van der Waals surface area contributed by atoms with E-state index in [1.54, 1.807) is 62.3 Å². The Kier molecular flexibility index (Phi) is 10.5. The fourth-order valence-corrected chi connectivity index (χ4v) is 2.28. The molecule has 2 rings (SSSR count). The van der Waals surface area contributed by atoms with Crippen molar-refractivity contribution in [2.75, 3.05) is 10.2 Å². The molecule has 0 aliphatic rings. The van der Waals surface area contributed by atoms with Crippen molar-refractivity contribution in [3.05, 3.63) is 48.3 Å². The van der Waals surface area contributed by atoms with Crippen molar-refractivity contribution in [2.24, 2.45) is 0 Å². The predicted octanol–water partition coefficient (Wildman–Crippen LogP) is 6.47. The fraction of sp³-hybridized carbons (Fsp3) is 0.480. The number of nitrogens with zero attached hydrogens (tertiary/aromatic N) is 3. The molecule has 1 N–H and O–H groups in total. The summed E-state index contributed by atoms with van der Waals surface area (Å²) in [5, 5.41) is 2.33. The Hall–Kier alpha value is -3.83. The third-order valence-corrected chi connectivity index (χ3v) is 3.43.